The SMILES string of the molecule is CNC(C)C(=O)Nc1ccc2c(n1)OC(C)(CCC(C)C)C(=O)N2c1ccccc1.Cl. The van der Waals surface area contributed by atoms with Crippen LogP contribution in [0.3, 0.4) is 0 Å². The fourth-order valence-electron chi connectivity index (χ4n) is 3.27. The highest BCUT2D eigenvalue weighted by molar-refractivity contribution is 6.08. The Morgan fingerprint density at radius 2 is 1.84 bits per heavy atom. The molecule has 3 rings (SSSR count). The standard InChI is InChI=1S/C23H30N4O3.ClH/c1-15(2)13-14-23(4)22(29)27(17-9-7-6-8-10-17)18-11-12-19(26-21(18)30-23)25-20(28)16(3)24-5;/h6-12,15-16,24H,13-14H2,1-5H3,(H,25,26,28);1H. The molecule has 168 valence electrons. The summed E-state index contributed by atoms with van der Waals surface area (Å²) >= 11 is 0. The third-order valence-corrected chi connectivity index (χ3v) is 5.35. The van der Waals surface area contributed by atoms with Crippen molar-refractivity contribution in [2.75, 3.05) is 17.3 Å². The van der Waals surface area contributed by atoms with E-state index in [0.29, 0.717) is 29.7 Å². The van der Waals surface area contributed by atoms with Gasteiger partial charge in [-0.2, -0.15) is 4.98 Å². The molecule has 0 fully saturated rings. The summed E-state index contributed by atoms with van der Waals surface area (Å²) in [5, 5.41) is 5.69. The molecule has 7 nitrogen and oxygen atoms in total. The van der Waals surface area contributed by atoms with Gasteiger partial charge in [-0.25, -0.2) is 0 Å². The zero-order chi connectivity index (χ0) is 21.9. The molecule has 0 saturated carbocycles. The lowest BCUT2D eigenvalue weighted by atomic mass is 9.92. The first kappa shape index (κ1) is 24.6. The number of anilines is 3. The predicted octanol–water partition coefficient (Wildman–Crippen LogP) is 4.30. The molecule has 2 heterocycles. The quantitative estimate of drug-likeness (QED) is 0.662. The lowest BCUT2D eigenvalue weighted by Gasteiger charge is -2.40. The highest BCUT2D eigenvalue weighted by atomic mass is 35.5. The molecule has 1 aliphatic rings. The Balaban J connectivity index is 0.00000341. The van der Waals surface area contributed by atoms with Gasteiger partial charge in [0.25, 0.3) is 5.91 Å². The van der Waals surface area contributed by atoms with E-state index in [1.54, 1.807) is 31.0 Å². The van der Waals surface area contributed by atoms with Crippen LogP contribution in [0.2, 0.25) is 0 Å². The number of nitrogens with one attached hydrogen (secondary N) is 2. The zero-order valence-electron chi connectivity index (χ0n) is 18.6. The summed E-state index contributed by atoms with van der Waals surface area (Å²) in [6, 6.07) is 12.6. The molecule has 2 aromatic rings. The van der Waals surface area contributed by atoms with Gasteiger partial charge in [0.2, 0.25) is 11.8 Å². The molecule has 2 unspecified atom stereocenters. The third-order valence-electron chi connectivity index (χ3n) is 5.35. The summed E-state index contributed by atoms with van der Waals surface area (Å²) in [6.07, 6.45) is 1.41. The lowest BCUT2D eigenvalue weighted by molar-refractivity contribution is -0.134. The van der Waals surface area contributed by atoms with Gasteiger partial charge < -0.3 is 15.4 Å². The first-order valence-electron chi connectivity index (χ1n) is 10.3. The Hall–Kier alpha value is -2.64. The number of hydrogen-bond acceptors (Lipinski definition) is 5. The molecule has 2 amide bonds. The highest BCUT2D eigenvalue weighted by Gasteiger charge is 2.45. The van der Waals surface area contributed by atoms with Crippen LogP contribution in [0.15, 0.2) is 42.5 Å². The number of amides is 2. The van der Waals surface area contributed by atoms with Crippen LogP contribution in [-0.4, -0.2) is 35.5 Å². The van der Waals surface area contributed by atoms with Crippen molar-refractivity contribution in [1.29, 1.82) is 0 Å². The molecule has 1 aliphatic heterocycles. The van der Waals surface area contributed by atoms with Crippen molar-refractivity contribution in [3.05, 3.63) is 42.5 Å². The van der Waals surface area contributed by atoms with E-state index in [-0.39, 0.29) is 30.3 Å². The maximum absolute atomic E-state index is 13.5. The zero-order valence-corrected chi connectivity index (χ0v) is 19.5. The number of nitrogens with zero attached hydrogens (tertiary/aromatic N) is 2. The van der Waals surface area contributed by atoms with Gasteiger partial charge in [0.05, 0.1) is 6.04 Å². The maximum Gasteiger partial charge on any atom is 0.275 e. The molecule has 2 N–H and O–H groups in total. The van der Waals surface area contributed by atoms with E-state index in [2.05, 4.69) is 29.5 Å². The second-order valence-corrected chi connectivity index (χ2v) is 8.26. The molecule has 8 heteroatoms. The normalized spacial score (nSPS) is 18.6. The van der Waals surface area contributed by atoms with Crippen LogP contribution in [0.5, 0.6) is 5.88 Å². The number of rotatable bonds is 7. The summed E-state index contributed by atoms with van der Waals surface area (Å²) in [7, 11) is 1.72. The van der Waals surface area contributed by atoms with Gasteiger partial charge in [0.1, 0.15) is 11.5 Å². The molecule has 31 heavy (non-hydrogen) atoms. The fourth-order valence-corrected chi connectivity index (χ4v) is 3.27. The van der Waals surface area contributed by atoms with Crippen molar-refractivity contribution >= 4 is 41.4 Å². The van der Waals surface area contributed by atoms with Gasteiger partial charge in [-0.1, -0.05) is 32.0 Å². The van der Waals surface area contributed by atoms with E-state index in [1.807, 2.05) is 37.3 Å². The van der Waals surface area contributed by atoms with Crippen LogP contribution in [0, 0.1) is 5.92 Å². The molecule has 1 aromatic carbocycles. The number of likely N-dealkylation sites (N-methyl/N-ethyl adjacent to an activating group) is 1. The summed E-state index contributed by atoms with van der Waals surface area (Å²) in [4.78, 5) is 31.9. The average molecular weight is 447 g/mol. The summed E-state index contributed by atoms with van der Waals surface area (Å²) in [5.41, 5.74) is 0.277. The minimum atomic E-state index is -1.04. The summed E-state index contributed by atoms with van der Waals surface area (Å²) in [6.45, 7) is 7.82. The number of para-hydroxylation sites is 1. The number of aromatic nitrogens is 1. The number of carbonyl (C=O) groups excluding carboxylic acids is 2. The molecule has 1 aromatic heterocycles. The summed E-state index contributed by atoms with van der Waals surface area (Å²) in [5.74, 6) is 0.837. The van der Waals surface area contributed by atoms with Gasteiger partial charge in [-0.3, -0.25) is 14.5 Å². The van der Waals surface area contributed by atoms with Crippen molar-refractivity contribution in [1.82, 2.24) is 10.3 Å². The van der Waals surface area contributed by atoms with E-state index in [0.717, 1.165) is 12.1 Å². The van der Waals surface area contributed by atoms with E-state index >= 15 is 0 Å². The van der Waals surface area contributed by atoms with Crippen LogP contribution < -0.4 is 20.3 Å². The second kappa shape index (κ2) is 10.1. The van der Waals surface area contributed by atoms with Crippen LogP contribution >= 0.6 is 12.4 Å². The van der Waals surface area contributed by atoms with Gasteiger partial charge in [-0.05, 0) is 63.9 Å². The van der Waals surface area contributed by atoms with Crippen molar-refractivity contribution in [3.63, 3.8) is 0 Å². The van der Waals surface area contributed by atoms with Gasteiger partial charge in [-0.15, -0.1) is 12.4 Å². The molecule has 0 bridgehead atoms. The fraction of sp³-hybridized carbons (Fsp3) is 0.435. The Bertz CT molecular complexity index is 922. The largest absolute Gasteiger partial charge is 0.460 e. The third kappa shape index (κ3) is 5.35. The van der Waals surface area contributed by atoms with Gasteiger partial charge >= 0.3 is 0 Å². The van der Waals surface area contributed by atoms with Crippen LogP contribution in [0.4, 0.5) is 17.2 Å². The molecule has 0 aliphatic carbocycles. The second-order valence-electron chi connectivity index (χ2n) is 8.26. The molecule has 0 saturated heterocycles. The van der Waals surface area contributed by atoms with Gasteiger partial charge in [0.15, 0.2) is 5.60 Å². The number of halogens is 1. The number of ether oxygens (including phenoxy) is 1. The monoisotopic (exact) mass is 446 g/mol. The van der Waals surface area contributed by atoms with Crippen molar-refractivity contribution in [2.24, 2.45) is 5.92 Å². The Morgan fingerprint density at radius 1 is 1.16 bits per heavy atom. The van der Waals surface area contributed by atoms with Crippen LogP contribution in [0.25, 0.3) is 0 Å². The topological polar surface area (TPSA) is 83.6 Å². The van der Waals surface area contributed by atoms with Crippen molar-refractivity contribution < 1.29 is 14.3 Å². The summed E-state index contributed by atoms with van der Waals surface area (Å²) < 4.78 is 6.17. The number of carbonyl (C=O) groups is 2. The number of hydrogen-bond donors (Lipinski definition) is 2. The van der Waals surface area contributed by atoms with Crippen molar-refractivity contribution in [3.8, 4) is 5.88 Å². The molecule has 2 atom stereocenters. The predicted molar refractivity (Wildman–Crippen MR) is 125 cm³/mol. The van der Waals surface area contributed by atoms with E-state index in [1.165, 1.54) is 0 Å². The minimum Gasteiger partial charge on any atom is -0.460 e. The smallest absolute Gasteiger partial charge is 0.275 e. The average Bonchev–Trinajstić information content (AvgIpc) is 2.73. The minimum absolute atomic E-state index is 0. The first-order valence-corrected chi connectivity index (χ1v) is 10.3. The molecular weight excluding hydrogens is 416 g/mol. The Morgan fingerprint density at radius 3 is 2.45 bits per heavy atom. The van der Waals surface area contributed by atoms with Gasteiger partial charge in [0, 0.05) is 5.69 Å². The van der Waals surface area contributed by atoms with Crippen LogP contribution in [-0.2, 0) is 9.59 Å². The Labute approximate surface area is 190 Å². The maximum atomic E-state index is 13.5. The Kier molecular flexibility index (Phi) is 8.03. The highest BCUT2D eigenvalue weighted by Crippen LogP contribution is 2.43. The number of benzene rings is 1. The molecular formula is C23H31ClN4O3. The van der Waals surface area contributed by atoms with Crippen molar-refractivity contribution in [2.45, 2.75) is 52.2 Å². The molecule has 0 spiro atoms. The van der Waals surface area contributed by atoms with E-state index in [4.69, 9.17) is 4.74 Å². The number of fused-ring (bicyclic) bond motifs is 1. The lowest BCUT2D eigenvalue weighted by Crippen LogP contribution is -2.53. The van der Waals surface area contributed by atoms with E-state index < -0.39 is 5.60 Å². The molecule has 0 radical (unpaired) electrons. The first-order chi connectivity index (χ1) is 14.2. The van der Waals surface area contributed by atoms with Crippen LogP contribution in [0.1, 0.15) is 40.5 Å². The number of pyridine rings is 1. The van der Waals surface area contributed by atoms with E-state index in [9.17, 15) is 9.59 Å².